The minimum Gasteiger partial charge on any atom is -0.480 e. The summed E-state index contributed by atoms with van der Waals surface area (Å²) in [5, 5.41) is 15.3. The number of halogens is 2. The first-order chi connectivity index (χ1) is 16.1. The molecule has 2 aromatic heterocycles. The molecule has 4 rings (SSSR count). The van der Waals surface area contributed by atoms with E-state index in [9.17, 15) is 4.79 Å². The van der Waals surface area contributed by atoms with Crippen LogP contribution in [0.5, 0.6) is 0 Å². The summed E-state index contributed by atoms with van der Waals surface area (Å²) >= 11 is 12.4. The molecule has 0 bridgehead atoms. The van der Waals surface area contributed by atoms with Crippen molar-refractivity contribution in [2.75, 3.05) is 18.5 Å². The van der Waals surface area contributed by atoms with Crippen LogP contribution in [0.1, 0.15) is 42.5 Å². The number of hydrogen-bond acceptors (Lipinski definition) is 6. The molecule has 0 fully saturated rings. The van der Waals surface area contributed by atoms with E-state index in [0.29, 0.717) is 39.9 Å². The molecule has 2 aromatic carbocycles. The van der Waals surface area contributed by atoms with Gasteiger partial charge in [0.05, 0.1) is 22.0 Å². The first-order valence-corrected chi connectivity index (χ1v) is 11.7. The zero-order chi connectivity index (χ0) is 24.6. The molecule has 7 nitrogen and oxygen atoms in total. The summed E-state index contributed by atoms with van der Waals surface area (Å²) < 4.78 is 11.7. The van der Waals surface area contributed by atoms with Crippen LogP contribution in [0.15, 0.2) is 39.3 Å². The summed E-state index contributed by atoms with van der Waals surface area (Å²) in [6.45, 7) is 5.96. The monoisotopic (exact) mass is 501 g/mol. The Kier molecular flexibility index (Phi) is 6.86. The van der Waals surface area contributed by atoms with Gasteiger partial charge < -0.3 is 18.9 Å². The third-order valence-corrected chi connectivity index (χ3v) is 6.21. The van der Waals surface area contributed by atoms with Gasteiger partial charge >= 0.3 is 5.97 Å². The number of benzene rings is 2. The van der Waals surface area contributed by atoms with Crippen molar-refractivity contribution < 1.29 is 18.8 Å². The Morgan fingerprint density at radius 2 is 1.88 bits per heavy atom. The minimum absolute atomic E-state index is 0.0998. The Labute approximate surface area is 207 Å². The van der Waals surface area contributed by atoms with Crippen LogP contribution >= 0.6 is 23.2 Å². The zero-order valence-electron chi connectivity index (χ0n) is 19.4. The number of hydrogen-bond donors (Lipinski definition) is 1. The average Bonchev–Trinajstić information content (AvgIpc) is 3.35. The van der Waals surface area contributed by atoms with Gasteiger partial charge in [-0.1, -0.05) is 42.2 Å². The molecule has 0 spiro atoms. The number of likely N-dealkylation sites (N-methyl/N-ethyl adjacent to an activating group) is 1. The van der Waals surface area contributed by atoms with E-state index in [1.807, 2.05) is 19.1 Å². The lowest BCUT2D eigenvalue weighted by Crippen LogP contribution is -2.25. The van der Waals surface area contributed by atoms with Crippen molar-refractivity contribution in [2.24, 2.45) is 0 Å². The Hall–Kier alpha value is -3.03. The smallest absolute Gasteiger partial charge is 0.323 e. The van der Waals surface area contributed by atoms with Crippen LogP contribution in [0.25, 0.3) is 22.4 Å². The normalized spacial score (nSPS) is 11.5. The molecule has 0 radical (unpaired) electrons. The van der Waals surface area contributed by atoms with Gasteiger partial charge in [0.1, 0.15) is 12.3 Å². The van der Waals surface area contributed by atoms with Crippen LogP contribution in [-0.4, -0.2) is 34.8 Å². The van der Waals surface area contributed by atoms with Gasteiger partial charge in [0, 0.05) is 35.1 Å². The van der Waals surface area contributed by atoms with Crippen molar-refractivity contribution in [2.45, 2.75) is 39.5 Å². The molecule has 0 atom stereocenters. The number of carboxylic acid groups (broad SMARTS) is 1. The third kappa shape index (κ3) is 4.91. The Morgan fingerprint density at radius 3 is 2.56 bits per heavy atom. The fourth-order valence-electron chi connectivity index (χ4n) is 4.02. The molecule has 9 heteroatoms. The van der Waals surface area contributed by atoms with Crippen molar-refractivity contribution in [3.05, 3.63) is 63.1 Å². The van der Waals surface area contributed by atoms with Gasteiger partial charge in [-0.05, 0) is 49.6 Å². The second-order valence-corrected chi connectivity index (χ2v) is 9.47. The summed E-state index contributed by atoms with van der Waals surface area (Å²) in [5.74, 6) is 0.522. The molecule has 0 aliphatic carbocycles. The van der Waals surface area contributed by atoms with Gasteiger partial charge in [-0.15, -0.1) is 0 Å². The lowest BCUT2D eigenvalue weighted by Gasteiger charge is -2.18. The molecule has 0 saturated carbocycles. The quantitative estimate of drug-likeness (QED) is 0.293. The van der Waals surface area contributed by atoms with Crippen LogP contribution in [-0.2, 0) is 17.6 Å². The SMILES string of the molecule is Cc1cc2c(CCc3nc(-c4ccc(Cl)cc4Cl)oc3C(C)C)noc2cc1N(C)CC(=O)O. The Balaban J connectivity index is 1.61. The molecular formula is C25H25Cl2N3O4. The average molecular weight is 502 g/mol. The van der Waals surface area contributed by atoms with E-state index in [1.165, 1.54) is 0 Å². The summed E-state index contributed by atoms with van der Waals surface area (Å²) in [6.07, 6.45) is 1.22. The van der Waals surface area contributed by atoms with Crippen LogP contribution in [0.3, 0.4) is 0 Å². The van der Waals surface area contributed by atoms with Crippen LogP contribution < -0.4 is 4.90 Å². The Bertz CT molecular complexity index is 1360. The molecule has 0 aliphatic heterocycles. The van der Waals surface area contributed by atoms with Crippen molar-refractivity contribution in [1.82, 2.24) is 10.1 Å². The second kappa shape index (κ2) is 9.68. The maximum absolute atomic E-state index is 11.1. The molecular weight excluding hydrogens is 477 g/mol. The number of carboxylic acids is 1. The standard InChI is InChI=1S/C25H25Cl2N3O4/c1-13(2)24-20(28-25(33-24)16-6-5-15(26)10-18(16)27)8-7-19-17-9-14(3)21(11-22(17)34-29-19)30(4)12-23(31)32/h5-6,9-11,13H,7-8,12H2,1-4H3,(H,31,32). The Morgan fingerprint density at radius 1 is 1.15 bits per heavy atom. The van der Waals surface area contributed by atoms with Crippen LogP contribution in [0, 0.1) is 6.92 Å². The molecule has 34 heavy (non-hydrogen) atoms. The number of carbonyl (C=O) groups is 1. The summed E-state index contributed by atoms with van der Waals surface area (Å²) in [6, 6.07) is 9.05. The van der Waals surface area contributed by atoms with Crippen molar-refractivity contribution >= 4 is 45.8 Å². The number of rotatable bonds is 8. The molecule has 178 valence electrons. The lowest BCUT2D eigenvalue weighted by molar-refractivity contribution is -0.135. The van der Waals surface area contributed by atoms with E-state index in [1.54, 1.807) is 30.1 Å². The van der Waals surface area contributed by atoms with E-state index in [2.05, 4.69) is 19.0 Å². The van der Waals surface area contributed by atoms with Gasteiger partial charge in [0.2, 0.25) is 5.89 Å². The van der Waals surface area contributed by atoms with E-state index in [0.717, 1.165) is 33.8 Å². The van der Waals surface area contributed by atoms with Crippen molar-refractivity contribution in [1.29, 1.82) is 0 Å². The van der Waals surface area contributed by atoms with Gasteiger partial charge in [-0.3, -0.25) is 4.79 Å². The van der Waals surface area contributed by atoms with Crippen LogP contribution in [0.4, 0.5) is 5.69 Å². The molecule has 1 N–H and O–H groups in total. The third-order valence-electron chi connectivity index (χ3n) is 5.66. The number of aliphatic carboxylic acids is 1. The highest BCUT2D eigenvalue weighted by Crippen LogP contribution is 2.34. The van der Waals surface area contributed by atoms with Gasteiger partial charge in [-0.25, -0.2) is 4.98 Å². The summed E-state index contributed by atoms with van der Waals surface area (Å²) in [4.78, 5) is 17.5. The highest BCUT2D eigenvalue weighted by atomic mass is 35.5. The number of oxazole rings is 1. The fourth-order valence-corrected chi connectivity index (χ4v) is 4.51. The first-order valence-electron chi connectivity index (χ1n) is 10.9. The number of nitrogens with zero attached hydrogens (tertiary/aromatic N) is 3. The topological polar surface area (TPSA) is 92.6 Å². The molecule has 0 saturated heterocycles. The number of aromatic nitrogens is 2. The number of aryl methyl sites for hydroxylation is 3. The van der Waals surface area contributed by atoms with E-state index in [4.69, 9.17) is 42.2 Å². The largest absolute Gasteiger partial charge is 0.480 e. The van der Waals surface area contributed by atoms with E-state index >= 15 is 0 Å². The van der Waals surface area contributed by atoms with Gasteiger partial charge in [0.15, 0.2) is 5.58 Å². The maximum atomic E-state index is 11.1. The highest BCUT2D eigenvalue weighted by Gasteiger charge is 2.21. The van der Waals surface area contributed by atoms with Gasteiger partial charge in [0.25, 0.3) is 0 Å². The van der Waals surface area contributed by atoms with E-state index in [-0.39, 0.29) is 12.5 Å². The van der Waals surface area contributed by atoms with Crippen LogP contribution in [0.2, 0.25) is 10.0 Å². The maximum Gasteiger partial charge on any atom is 0.323 e. The first kappa shape index (κ1) is 24.1. The molecule has 0 aliphatic rings. The predicted molar refractivity (Wildman–Crippen MR) is 133 cm³/mol. The fraction of sp³-hybridized carbons (Fsp3) is 0.320. The molecule has 4 aromatic rings. The second-order valence-electron chi connectivity index (χ2n) is 8.62. The van der Waals surface area contributed by atoms with Crippen molar-refractivity contribution in [3.63, 3.8) is 0 Å². The van der Waals surface area contributed by atoms with E-state index < -0.39 is 5.97 Å². The molecule has 2 heterocycles. The molecule has 0 unspecified atom stereocenters. The lowest BCUT2D eigenvalue weighted by atomic mass is 10.0. The summed E-state index contributed by atoms with van der Waals surface area (Å²) in [5.41, 5.74) is 4.71. The summed E-state index contributed by atoms with van der Waals surface area (Å²) in [7, 11) is 1.74. The number of anilines is 1. The molecule has 0 amide bonds. The predicted octanol–water partition coefficient (Wildman–Crippen LogP) is 6.53. The van der Waals surface area contributed by atoms with Gasteiger partial charge in [-0.2, -0.15) is 0 Å². The minimum atomic E-state index is -0.895. The number of fused-ring (bicyclic) bond motifs is 1. The zero-order valence-corrected chi connectivity index (χ0v) is 20.9. The van der Waals surface area contributed by atoms with Crippen molar-refractivity contribution in [3.8, 4) is 11.5 Å². The highest BCUT2D eigenvalue weighted by molar-refractivity contribution is 6.36.